The zero-order valence-corrected chi connectivity index (χ0v) is 12.8. The Bertz CT molecular complexity index is 584. The standard InChI is InChI=1S/C18H21FN2O/c1-2-21(14-15-6-4-3-5-7-15)13-12-18(22)20-17-10-8-16(19)9-11-17/h3-11H,2,12-14H2,1H3,(H,20,22). The maximum atomic E-state index is 12.8. The van der Waals surface area contributed by atoms with Gasteiger partial charge in [-0.2, -0.15) is 0 Å². The average molecular weight is 300 g/mol. The van der Waals surface area contributed by atoms with Gasteiger partial charge in [-0.1, -0.05) is 37.3 Å². The molecule has 2 aromatic rings. The van der Waals surface area contributed by atoms with Crippen molar-refractivity contribution in [1.29, 1.82) is 0 Å². The summed E-state index contributed by atoms with van der Waals surface area (Å²) >= 11 is 0. The van der Waals surface area contributed by atoms with Crippen LogP contribution in [0.3, 0.4) is 0 Å². The predicted octanol–water partition coefficient (Wildman–Crippen LogP) is 3.68. The van der Waals surface area contributed by atoms with E-state index in [1.165, 1.54) is 17.7 Å². The van der Waals surface area contributed by atoms with E-state index in [0.29, 0.717) is 18.7 Å². The number of carbonyl (C=O) groups is 1. The van der Waals surface area contributed by atoms with Crippen molar-refractivity contribution in [1.82, 2.24) is 4.90 Å². The lowest BCUT2D eigenvalue weighted by molar-refractivity contribution is -0.116. The third-order valence-corrected chi connectivity index (χ3v) is 3.48. The second-order valence-electron chi connectivity index (χ2n) is 5.16. The monoisotopic (exact) mass is 300 g/mol. The number of hydrogen-bond acceptors (Lipinski definition) is 2. The predicted molar refractivity (Wildman–Crippen MR) is 87.0 cm³/mol. The molecule has 0 saturated carbocycles. The second kappa shape index (κ2) is 8.29. The number of halogens is 1. The van der Waals surface area contributed by atoms with Crippen molar-refractivity contribution in [2.75, 3.05) is 18.4 Å². The number of hydrogen-bond donors (Lipinski definition) is 1. The molecule has 0 aliphatic heterocycles. The van der Waals surface area contributed by atoms with Gasteiger partial charge in [0.15, 0.2) is 0 Å². The zero-order chi connectivity index (χ0) is 15.8. The lowest BCUT2D eigenvalue weighted by Gasteiger charge is -2.20. The van der Waals surface area contributed by atoms with Crippen LogP contribution in [-0.2, 0) is 11.3 Å². The van der Waals surface area contributed by atoms with E-state index >= 15 is 0 Å². The van der Waals surface area contributed by atoms with Gasteiger partial charge in [0.25, 0.3) is 0 Å². The molecule has 0 spiro atoms. The van der Waals surface area contributed by atoms with Crippen LogP contribution in [0, 0.1) is 5.82 Å². The molecule has 2 rings (SSSR count). The van der Waals surface area contributed by atoms with E-state index in [0.717, 1.165) is 13.1 Å². The molecule has 0 saturated heterocycles. The molecule has 3 nitrogen and oxygen atoms in total. The molecule has 0 aliphatic carbocycles. The Morgan fingerprint density at radius 3 is 2.41 bits per heavy atom. The van der Waals surface area contributed by atoms with E-state index in [4.69, 9.17) is 0 Å². The summed E-state index contributed by atoms with van der Waals surface area (Å²) in [5.41, 5.74) is 1.86. The first-order valence-electron chi connectivity index (χ1n) is 7.49. The molecular formula is C18H21FN2O. The van der Waals surface area contributed by atoms with E-state index < -0.39 is 0 Å². The molecule has 2 aromatic carbocycles. The molecule has 4 heteroatoms. The maximum absolute atomic E-state index is 12.8. The molecule has 1 amide bonds. The van der Waals surface area contributed by atoms with Gasteiger partial charge in [-0.05, 0) is 36.4 Å². The summed E-state index contributed by atoms with van der Waals surface area (Å²) in [5, 5.41) is 2.78. The van der Waals surface area contributed by atoms with Crippen molar-refractivity contribution in [3.05, 3.63) is 66.0 Å². The topological polar surface area (TPSA) is 32.3 Å². The van der Waals surface area contributed by atoms with E-state index in [9.17, 15) is 9.18 Å². The van der Waals surface area contributed by atoms with Crippen molar-refractivity contribution in [3.8, 4) is 0 Å². The fourth-order valence-corrected chi connectivity index (χ4v) is 2.21. The van der Waals surface area contributed by atoms with Crippen molar-refractivity contribution in [3.63, 3.8) is 0 Å². The number of carbonyl (C=O) groups excluding carboxylic acids is 1. The summed E-state index contributed by atoms with van der Waals surface area (Å²) in [7, 11) is 0. The average Bonchev–Trinajstić information content (AvgIpc) is 2.54. The van der Waals surface area contributed by atoms with Crippen LogP contribution in [0.15, 0.2) is 54.6 Å². The highest BCUT2D eigenvalue weighted by Crippen LogP contribution is 2.09. The SMILES string of the molecule is CCN(CCC(=O)Nc1ccc(F)cc1)Cc1ccccc1. The molecule has 116 valence electrons. The van der Waals surface area contributed by atoms with Gasteiger partial charge in [0, 0.05) is 25.2 Å². The summed E-state index contributed by atoms with van der Waals surface area (Å²) in [4.78, 5) is 14.2. The number of rotatable bonds is 7. The summed E-state index contributed by atoms with van der Waals surface area (Å²) in [6.07, 6.45) is 0.415. The van der Waals surface area contributed by atoms with Crippen molar-refractivity contribution in [2.24, 2.45) is 0 Å². The normalized spacial score (nSPS) is 10.7. The van der Waals surface area contributed by atoms with Gasteiger partial charge in [0.2, 0.25) is 5.91 Å². The Kier molecular flexibility index (Phi) is 6.10. The third-order valence-electron chi connectivity index (χ3n) is 3.48. The minimum Gasteiger partial charge on any atom is -0.326 e. The minimum atomic E-state index is -0.307. The molecule has 0 atom stereocenters. The van der Waals surface area contributed by atoms with Gasteiger partial charge in [-0.25, -0.2) is 4.39 Å². The number of benzene rings is 2. The summed E-state index contributed by atoms with van der Waals surface area (Å²) < 4.78 is 12.8. The molecular weight excluding hydrogens is 279 g/mol. The lowest BCUT2D eigenvalue weighted by atomic mass is 10.2. The van der Waals surface area contributed by atoms with Crippen molar-refractivity contribution >= 4 is 11.6 Å². The van der Waals surface area contributed by atoms with Crippen molar-refractivity contribution < 1.29 is 9.18 Å². The largest absolute Gasteiger partial charge is 0.326 e. The van der Waals surface area contributed by atoms with E-state index in [1.807, 2.05) is 18.2 Å². The van der Waals surface area contributed by atoms with Gasteiger partial charge < -0.3 is 5.32 Å². The number of nitrogens with one attached hydrogen (secondary N) is 1. The van der Waals surface area contributed by atoms with Gasteiger partial charge in [-0.3, -0.25) is 9.69 Å². The highest BCUT2D eigenvalue weighted by Gasteiger charge is 2.08. The van der Waals surface area contributed by atoms with Gasteiger partial charge in [0.1, 0.15) is 5.82 Å². The van der Waals surface area contributed by atoms with E-state index in [2.05, 4.69) is 29.3 Å². The van der Waals surface area contributed by atoms with Gasteiger partial charge in [-0.15, -0.1) is 0 Å². The first-order chi connectivity index (χ1) is 10.7. The third kappa shape index (κ3) is 5.30. The Morgan fingerprint density at radius 2 is 1.77 bits per heavy atom. The summed E-state index contributed by atoms with van der Waals surface area (Å²) in [5.74, 6) is -0.365. The van der Waals surface area contributed by atoms with Gasteiger partial charge in [0.05, 0.1) is 0 Å². The van der Waals surface area contributed by atoms with Crippen LogP contribution in [0.4, 0.5) is 10.1 Å². The van der Waals surface area contributed by atoms with Gasteiger partial charge >= 0.3 is 0 Å². The lowest BCUT2D eigenvalue weighted by Crippen LogP contribution is -2.27. The molecule has 0 bridgehead atoms. The van der Waals surface area contributed by atoms with Crippen LogP contribution in [0.2, 0.25) is 0 Å². The van der Waals surface area contributed by atoms with E-state index in [-0.39, 0.29) is 11.7 Å². The maximum Gasteiger partial charge on any atom is 0.225 e. The fourth-order valence-electron chi connectivity index (χ4n) is 2.21. The number of amides is 1. The highest BCUT2D eigenvalue weighted by molar-refractivity contribution is 5.90. The van der Waals surface area contributed by atoms with Crippen LogP contribution in [0.25, 0.3) is 0 Å². The second-order valence-corrected chi connectivity index (χ2v) is 5.16. The highest BCUT2D eigenvalue weighted by atomic mass is 19.1. The molecule has 1 N–H and O–H groups in total. The Balaban J connectivity index is 1.79. The summed E-state index contributed by atoms with van der Waals surface area (Å²) in [6.45, 7) is 4.50. The molecule has 0 radical (unpaired) electrons. The molecule has 0 unspecified atom stereocenters. The smallest absolute Gasteiger partial charge is 0.225 e. The van der Waals surface area contributed by atoms with Crippen LogP contribution >= 0.6 is 0 Å². The fraction of sp³-hybridized carbons (Fsp3) is 0.278. The molecule has 0 aliphatic rings. The van der Waals surface area contributed by atoms with Crippen LogP contribution in [-0.4, -0.2) is 23.9 Å². The Labute approximate surface area is 130 Å². The molecule has 0 fully saturated rings. The van der Waals surface area contributed by atoms with E-state index in [1.54, 1.807) is 12.1 Å². The Hall–Kier alpha value is -2.20. The first-order valence-corrected chi connectivity index (χ1v) is 7.49. The molecule has 0 heterocycles. The van der Waals surface area contributed by atoms with Crippen LogP contribution in [0.5, 0.6) is 0 Å². The minimum absolute atomic E-state index is 0.0573. The quantitative estimate of drug-likeness (QED) is 0.846. The zero-order valence-electron chi connectivity index (χ0n) is 12.8. The number of anilines is 1. The number of nitrogens with zero attached hydrogens (tertiary/aromatic N) is 1. The molecule has 22 heavy (non-hydrogen) atoms. The first kappa shape index (κ1) is 16.2. The Morgan fingerprint density at radius 1 is 1.09 bits per heavy atom. The van der Waals surface area contributed by atoms with Crippen LogP contribution < -0.4 is 5.32 Å². The summed E-state index contributed by atoms with van der Waals surface area (Å²) in [6, 6.07) is 16.0. The van der Waals surface area contributed by atoms with Crippen LogP contribution in [0.1, 0.15) is 18.9 Å². The van der Waals surface area contributed by atoms with Crippen molar-refractivity contribution in [2.45, 2.75) is 19.9 Å². The molecule has 0 aromatic heterocycles.